The van der Waals surface area contributed by atoms with E-state index in [4.69, 9.17) is 0 Å². The van der Waals surface area contributed by atoms with Crippen molar-refractivity contribution in [2.24, 2.45) is 0 Å². The Labute approximate surface area is 97.2 Å². The number of thiol groups is 2. The molecule has 1 aromatic rings. The molecule has 1 rings (SSSR count). The third-order valence-corrected chi connectivity index (χ3v) is 2.24. The molecule has 0 amide bonds. The smallest absolute Gasteiger partial charge is 0.0417 e. The van der Waals surface area contributed by atoms with Gasteiger partial charge in [-0.3, -0.25) is 4.98 Å². The lowest BCUT2D eigenvalue weighted by Gasteiger charge is -2.07. The molecule has 0 saturated heterocycles. The van der Waals surface area contributed by atoms with Crippen LogP contribution in [0.25, 0.3) is 0 Å². The molecule has 0 aliphatic heterocycles. The second-order valence-electron chi connectivity index (χ2n) is 3.73. The highest BCUT2D eigenvalue weighted by Crippen LogP contribution is 2.09. The van der Waals surface area contributed by atoms with Crippen molar-refractivity contribution in [3.8, 4) is 0 Å². The van der Waals surface area contributed by atoms with Gasteiger partial charge in [0.2, 0.25) is 0 Å². The molecule has 3 heteroatoms. The molecular weight excluding hydrogens is 210 g/mol. The fourth-order valence-electron chi connectivity index (χ4n) is 1.36. The molecule has 1 heterocycles. The van der Waals surface area contributed by atoms with E-state index in [1.165, 1.54) is 0 Å². The first-order chi connectivity index (χ1) is 6.58. The van der Waals surface area contributed by atoms with Gasteiger partial charge in [-0.15, -0.1) is 0 Å². The third-order valence-electron chi connectivity index (χ3n) is 1.87. The van der Waals surface area contributed by atoms with E-state index in [9.17, 15) is 0 Å². The maximum atomic E-state index is 4.56. The van der Waals surface area contributed by atoms with Gasteiger partial charge in [0.15, 0.2) is 0 Å². The van der Waals surface area contributed by atoms with Crippen molar-refractivity contribution in [2.75, 3.05) is 0 Å². The second kappa shape index (κ2) is 5.66. The Hall–Kier alpha value is -0.150. The monoisotopic (exact) mass is 227 g/mol. The summed E-state index contributed by atoms with van der Waals surface area (Å²) in [6.07, 6.45) is 1.86. The van der Waals surface area contributed by atoms with Crippen molar-refractivity contribution < 1.29 is 0 Å². The predicted molar refractivity (Wildman–Crippen MR) is 68.5 cm³/mol. The fraction of sp³-hybridized carbons (Fsp3) is 0.545. The molecule has 0 aliphatic carbocycles. The minimum absolute atomic E-state index is 0.367. The molecule has 0 fully saturated rings. The molecule has 1 aromatic heterocycles. The number of aromatic nitrogens is 1. The first kappa shape index (κ1) is 11.9. The molecular formula is C11H17NS2. The molecule has 0 radical (unpaired) electrons. The van der Waals surface area contributed by atoms with E-state index >= 15 is 0 Å². The van der Waals surface area contributed by atoms with Crippen LogP contribution < -0.4 is 0 Å². The molecule has 0 N–H and O–H groups in total. The average Bonchev–Trinajstić information content (AvgIpc) is 2.01. The molecule has 0 aromatic carbocycles. The first-order valence-electron chi connectivity index (χ1n) is 4.89. The SMILES string of the molecule is CC(S)Cc1cccc(CC(C)S)n1. The highest BCUT2D eigenvalue weighted by molar-refractivity contribution is 7.81. The van der Waals surface area contributed by atoms with E-state index in [1.807, 2.05) is 0 Å². The van der Waals surface area contributed by atoms with Crippen LogP contribution in [0.15, 0.2) is 18.2 Å². The molecule has 0 spiro atoms. The standard InChI is InChI=1S/C11H17NS2/c1-8(13)6-10-4-3-5-11(12-10)7-9(2)14/h3-5,8-9,13-14H,6-7H2,1-2H3. The molecule has 0 bridgehead atoms. The van der Waals surface area contributed by atoms with Crippen LogP contribution in [0.5, 0.6) is 0 Å². The van der Waals surface area contributed by atoms with Crippen LogP contribution >= 0.6 is 25.3 Å². The topological polar surface area (TPSA) is 12.9 Å². The molecule has 2 atom stereocenters. The van der Waals surface area contributed by atoms with Crippen LogP contribution in [0.4, 0.5) is 0 Å². The quantitative estimate of drug-likeness (QED) is 0.754. The number of rotatable bonds is 4. The van der Waals surface area contributed by atoms with Crippen molar-refractivity contribution in [1.82, 2.24) is 4.98 Å². The summed E-state index contributed by atoms with van der Waals surface area (Å²) in [6, 6.07) is 6.17. The Bertz CT molecular complexity index is 259. The Morgan fingerprint density at radius 1 is 1.07 bits per heavy atom. The van der Waals surface area contributed by atoms with Crippen LogP contribution in [0, 0.1) is 0 Å². The van der Waals surface area contributed by atoms with E-state index in [2.05, 4.69) is 62.3 Å². The maximum Gasteiger partial charge on any atom is 0.0417 e. The number of pyridine rings is 1. The first-order valence-corrected chi connectivity index (χ1v) is 5.92. The van der Waals surface area contributed by atoms with Crippen LogP contribution in [0.1, 0.15) is 25.2 Å². The van der Waals surface area contributed by atoms with Gasteiger partial charge in [-0.1, -0.05) is 19.9 Å². The van der Waals surface area contributed by atoms with Crippen molar-refractivity contribution >= 4 is 25.3 Å². The summed E-state index contributed by atoms with van der Waals surface area (Å²) in [5.74, 6) is 0. The molecule has 78 valence electrons. The van der Waals surface area contributed by atoms with Gasteiger partial charge in [0.05, 0.1) is 0 Å². The van der Waals surface area contributed by atoms with Crippen LogP contribution in [-0.4, -0.2) is 15.5 Å². The molecule has 14 heavy (non-hydrogen) atoms. The van der Waals surface area contributed by atoms with Gasteiger partial charge in [0.1, 0.15) is 0 Å². The predicted octanol–water partition coefficient (Wildman–Crippen LogP) is 2.80. The summed E-state index contributed by atoms with van der Waals surface area (Å²) < 4.78 is 0. The van der Waals surface area contributed by atoms with Crippen LogP contribution in [-0.2, 0) is 12.8 Å². The lowest BCUT2D eigenvalue weighted by molar-refractivity contribution is 0.852. The van der Waals surface area contributed by atoms with E-state index in [0.29, 0.717) is 10.5 Å². The number of hydrogen-bond donors (Lipinski definition) is 2. The summed E-state index contributed by atoms with van der Waals surface area (Å²) in [5.41, 5.74) is 2.25. The normalized spacial score (nSPS) is 15.1. The minimum atomic E-state index is 0.367. The third kappa shape index (κ3) is 4.38. The highest BCUT2D eigenvalue weighted by Gasteiger charge is 2.03. The average molecular weight is 227 g/mol. The van der Waals surface area contributed by atoms with Gasteiger partial charge < -0.3 is 0 Å². The van der Waals surface area contributed by atoms with Crippen molar-refractivity contribution in [2.45, 2.75) is 37.2 Å². The fourth-order valence-corrected chi connectivity index (χ4v) is 1.74. The Morgan fingerprint density at radius 3 is 1.86 bits per heavy atom. The maximum absolute atomic E-state index is 4.56. The van der Waals surface area contributed by atoms with Crippen molar-refractivity contribution in [3.05, 3.63) is 29.6 Å². The van der Waals surface area contributed by atoms with Gasteiger partial charge in [0.25, 0.3) is 0 Å². The number of hydrogen-bond acceptors (Lipinski definition) is 3. The lowest BCUT2D eigenvalue weighted by atomic mass is 10.2. The van der Waals surface area contributed by atoms with Crippen LogP contribution in [0.3, 0.4) is 0 Å². The highest BCUT2D eigenvalue weighted by atomic mass is 32.1. The summed E-state index contributed by atoms with van der Waals surface area (Å²) in [6.45, 7) is 4.16. The van der Waals surface area contributed by atoms with Crippen molar-refractivity contribution in [3.63, 3.8) is 0 Å². The zero-order chi connectivity index (χ0) is 10.6. The van der Waals surface area contributed by atoms with Gasteiger partial charge in [-0.2, -0.15) is 25.3 Å². The Morgan fingerprint density at radius 2 is 1.50 bits per heavy atom. The van der Waals surface area contributed by atoms with Gasteiger partial charge in [-0.05, 0) is 12.1 Å². The second-order valence-corrected chi connectivity index (χ2v) is 5.49. The van der Waals surface area contributed by atoms with Crippen LogP contribution in [0.2, 0.25) is 0 Å². The van der Waals surface area contributed by atoms with Gasteiger partial charge in [-0.25, -0.2) is 0 Å². The van der Waals surface area contributed by atoms with Gasteiger partial charge in [0, 0.05) is 34.7 Å². The minimum Gasteiger partial charge on any atom is -0.258 e. The lowest BCUT2D eigenvalue weighted by Crippen LogP contribution is -2.05. The zero-order valence-corrected chi connectivity index (χ0v) is 10.4. The van der Waals surface area contributed by atoms with Crippen molar-refractivity contribution in [1.29, 1.82) is 0 Å². The summed E-state index contributed by atoms with van der Waals surface area (Å²) in [5, 5.41) is 0.734. The van der Waals surface area contributed by atoms with Gasteiger partial charge >= 0.3 is 0 Å². The summed E-state index contributed by atoms with van der Waals surface area (Å²) in [7, 11) is 0. The molecule has 2 unspecified atom stereocenters. The number of nitrogens with zero attached hydrogens (tertiary/aromatic N) is 1. The van der Waals surface area contributed by atoms with E-state index < -0.39 is 0 Å². The van der Waals surface area contributed by atoms with E-state index in [0.717, 1.165) is 24.2 Å². The van der Waals surface area contributed by atoms with E-state index in [-0.39, 0.29) is 0 Å². The summed E-state index contributed by atoms with van der Waals surface area (Å²) >= 11 is 8.72. The molecule has 0 aliphatic rings. The van der Waals surface area contributed by atoms with E-state index in [1.54, 1.807) is 0 Å². The summed E-state index contributed by atoms with van der Waals surface area (Å²) in [4.78, 5) is 4.56. The zero-order valence-electron chi connectivity index (χ0n) is 8.64. The molecule has 1 nitrogen and oxygen atoms in total. The molecule has 0 saturated carbocycles. The Kier molecular flexibility index (Phi) is 4.82. The largest absolute Gasteiger partial charge is 0.258 e. The Balaban J connectivity index is 2.68.